The zero-order chi connectivity index (χ0) is 14.7. The predicted octanol–water partition coefficient (Wildman–Crippen LogP) is 2.60. The smallest absolute Gasteiger partial charge is 0.190 e. The maximum Gasteiger partial charge on any atom is 0.190 e. The molecule has 4 nitrogen and oxygen atoms in total. The Kier molecular flexibility index (Phi) is 4.78. The monoisotopic (exact) mass is 306 g/mol. The summed E-state index contributed by atoms with van der Waals surface area (Å²) in [5, 5.41) is 10.2. The second-order valence-electron chi connectivity index (χ2n) is 6.33. The molecule has 0 bridgehead atoms. The number of nitrogens with one attached hydrogen (secondary N) is 2. The van der Waals surface area contributed by atoms with E-state index in [0.29, 0.717) is 0 Å². The number of aryl methyl sites for hydroxylation is 1. The van der Waals surface area contributed by atoms with Crippen molar-refractivity contribution in [2.45, 2.75) is 39.0 Å². The van der Waals surface area contributed by atoms with Gasteiger partial charge in [0.15, 0.2) is 5.96 Å². The van der Waals surface area contributed by atoms with Gasteiger partial charge in [0.2, 0.25) is 0 Å². The molecule has 2 saturated carbocycles. The summed E-state index contributed by atoms with van der Waals surface area (Å²) in [6.07, 6.45) is 6.73. The van der Waals surface area contributed by atoms with E-state index < -0.39 is 0 Å². The molecule has 2 aliphatic carbocycles. The van der Waals surface area contributed by atoms with Crippen molar-refractivity contribution in [3.63, 3.8) is 0 Å². The van der Waals surface area contributed by atoms with E-state index in [-0.39, 0.29) is 0 Å². The minimum absolute atomic E-state index is 0.879. The molecule has 0 saturated heterocycles. The molecule has 0 atom stereocenters. The molecule has 0 aliphatic heterocycles. The van der Waals surface area contributed by atoms with Crippen molar-refractivity contribution in [2.24, 2.45) is 22.7 Å². The van der Waals surface area contributed by atoms with Gasteiger partial charge in [-0.15, -0.1) is 11.3 Å². The van der Waals surface area contributed by atoms with Gasteiger partial charge in [-0.1, -0.05) is 0 Å². The van der Waals surface area contributed by atoms with Crippen LogP contribution in [0.3, 0.4) is 0 Å². The Morgan fingerprint density at radius 1 is 1.33 bits per heavy atom. The third kappa shape index (κ3) is 4.43. The summed E-state index contributed by atoms with van der Waals surface area (Å²) in [4.78, 5) is 8.82. The molecular formula is C16H26N4S. The summed E-state index contributed by atoms with van der Waals surface area (Å²) < 4.78 is 0. The molecule has 0 amide bonds. The quantitative estimate of drug-likeness (QED) is 0.601. The van der Waals surface area contributed by atoms with Crippen LogP contribution in [0.25, 0.3) is 0 Å². The lowest BCUT2D eigenvalue weighted by Gasteiger charge is -2.18. The maximum absolute atomic E-state index is 4.49. The van der Waals surface area contributed by atoms with Crippen molar-refractivity contribution >= 4 is 17.3 Å². The van der Waals surface area contributed by atoms with Crippen LogP contribution in [0.1, 0.15) is 36.4 Å². The van der Waals surface area contributed by atoms with Gasteiger partial charge < -0.3 is 10.6 Å². The van der Waals surface area contributed by atoms with Crippen molar-refractivity contribution in [3.8, 4) is 0 Å². The van der Waals surface area contributed by atoms with Gasteiger partial charge in [0, 0.05) is 31.9 Å². The number of rotatable bonds is 7. The van der Waals surface area contributed by atoms with Crippen molar-refractivity contribution in [1.82, 2.24) is 15.6 Å². The second kappa shape index (κ2) is 6.77. The highest BCUT2D eigenvalue weighted by molar-refractivity contribution is 7.09. The minimum atomic E-state index is 0.879. The van der Waals surface area contributed by atoms with Crippen LogP contribution >= 0.6 is 11.3 Å². The summed E-state index contributed by atoms with van der Waals surface area (Å²) in [6, 6.07) is 0. The minimum Gasteiger partial charge on any atom is -0.356 e. The Morgan fingerprint density at radius 2 is 2.05 bits per heavy atom. The first-order valence-corrected chi connectivity index (χ1v) is 8.99. The fourth-order valence-corrected chi connectivity index (χ4v) is 3.68. The molecule has 1 heterocycles. The average Bonchev–Trinajstić information content (AvgIpc) is 3.38. The van der Waals surface area contributed by atoms with Crippen molar-refractivity contribution in [3.05, 3.63) is 16.1 Å². The first kappa shape index (κ1) is 14.8. The molecule has 21 heavy (non-hydrogen) atoms. The van der Waals surface area contributed by atoms with E-state index in [2.05, 4.69) is 32.9 Å². The Morgan fingerprint density at radius 3 is 2.57 bits per heavy atom. The van der Waals surface area contributed by atoms with Gasteiger partial charge in [0.1, 0.15) is 0 Å². The Hall–Kier alpha value is -1.10. The third-order valence-electron chi connectivity index (χ3n) is 4.52. The number of aromatic nitrogens is 1. The summed E-state index contributed by atoms with van der Waals surface area (Å²) >= 11 is 1.72. The SMILES string of the molecule is CN=C(NCCc1csc(C)n1)NCC(C1CC1)C1CC1. The van der Waals surface area contributed by atoms with Crippen LogP contribution in [0.15, 0.2) is 10.4 Å². The fraction of sp³-hybridized carbons (Fsp3) is 0.750. The number of thiazole rings is 1. The van der Waals surface area contributed by atoms with E-state index in [9.17, 15) is 0 Å². The molecule has 116 valence electrons. The number of nitrogens with zero attached hydrogens (tertiary/aromatic N) is 2. The molecule has 3 rings (SSSR count). The Labute approximate surface area is 131 Å². The van der Waals surface area contributed by atoms with Crippen molar-refractivity contribution in [1.29, 1.82) is 0 Å². The number of hydrogen-bond acceptors (Lipinski definition) is 3. The van der Waals surface area contributed by atoms with Gasteiger partial charge in [-0.2, -0.15) is 0 Å². The van der Waals surface area contributed by atoms with E-state index >= 15 is 0 Å². The second-order valence-corrected chi connectivity index (χ2v) is 7.39. The molecule has 1 aromatic rings. The van der Waals surface area contributed by atoms with Gasteiger partial charge >= 0.3 is 0 Å². The normalized spacial score (nSPS) is 19.1. The molecule has 0 spiro atoms. The van der Waals surface area contributed by atoms with E-state index in [1.54, 1.807) is 11.3 Å². The molecule has 1 aromatic heterocycles. The number of aliphatic imine (C=N–C) groups is 1. The zero-order valence-electron chi connectivity index (χ0n) is 13.1. The highest BCUT2D eigenvalue weighted by atomic mass is 32.1. The first-order chi connectivity index (χ1) is 10.3. The molecule has 2 aliphatic rings. The van der Waals surface area contributed by atoms with Gasteiger partial charge in [-0.25, -0.2) is 4.98 Å². The van der Waals surface area contributed by atoms with Crippen LogP contribution in [0.2, 0.25) is 0 Å². The van der Waals surface area contributed by atoms with Crippen LogP contribution in [0.4, 0.5) is 0 Å². The first-order valence-electron chi connectivity index (χ1n) is 8.12. The van der Waals surface area contributed by atoms with Crippen molar-refractivity contribution in [2.75, 3.05) is 20.1 Å². The average molecular weight is 306 g/mol. The molecular weight excluding hydrogens is 280 g/mol. The van der Waals surface area contributed by atoms with E-state index in [0.717, 1.165) is 48.2 Å². The van der Waals surface area contributed by atoms with Crippen LogP contribution in [0, 0.1) is 24.7 Å². The third-order valence-corrected chi connectivity index (χ3v) is 5.35. The highest BCUT2D eigenvalue weighted by Gasteiger charge is 2.41. The highest BCUT2D eigenvalue weighted by Crippen LogP contribution is 2.48. The van der Waals surface area contributed by atoms with Gasteiger partial charge in [-0.05, 0) is 50.4 Å². The summed E-state index contributed by atoms with van der Waals surface area (Å²) in [5.41, 5.74) is 1.18. The maximum atomic E-state index is 4.49. The lowest BCUT2D eigenvalue weighted by Crippen LogP contribution is -2.41. The number of guanidine groups is 1. The topological polar surface area (TPSA) is 49.3 Å². The number of hydrogen-bond donors (Lipinski definition) is 2. The Balaban J connectivity index is 1.38. The van der Waals surface area contributed by atoms with Gasteiger partial charge in [-0.3, -0.25) is 4.99 Å². The predicted molar refractivity (Wildman–Crippen MR) is 88.9 cm³/mol. The lowest BCUT2D eigenvalue weighted by atomic mass is 9.98. The van der Waals surface area contributed by atoms with Gasteiger partial charge in [0.25, 0.3) is 0 Å². The van der Waals surface area contributed by atoms with E-state index in [1.165, 1.54) is 31.4 Å². The molecule has 0 radical (unpaired) electrons. The summed E-state index contributed by atoms with van der Waals surface area (Å²) in [6.45, 7) is 4.03. The molecule has 0 unspecified atom stereocenters. The Bertz CT molecular complexity index is 476. The molecule has 5 heteroatoms. The fourth-order valence-electron chi connectivity index (χ4n) is 3.03. The largest absolute Gasteiger partial charge is 0.356 e. The van der Waals surface area contributed by atoms with Crippen LogP contribution in [-0.4, -0.2) is 31.1 Å². The summed E-state index contributed by atoms with van der Waals surface area (Å²) in [7, 11) is 1.85. The van der Waals surface area contributed by atoms with Crippen LogP contribution in [-0.2, 0) is 6.42 Å². The van der Waals surface area contributed by atoms with Gasteiger partial charge in [0.05, 0.1) is 10.7 Å². The summed E-state index contributed by atoms with van der Waals surface area (Å²) in [5.74, 6) is 3.79. The lowest BCUT2D eigenvalue weighted by molar-refractivity contribution is 0.400. The van der Waals surface area contributed by atoms with E-state index in [1.807, 2.05) is 7.05 Å². The molecule has 2 fully saturated rings. The van der Waals surface area contributed by atoms with Crippen molar-refractivity contribution < 1.29 is 0 Å². The van der Waals surface area contributed by atoms with Crippen LogP contribution in [0.5, 0.6) is 0 Å². The molecule has 0 aromatic carbocycles. The standard InChI is InChI=1S/C16H26N4S/c1-11-20-14(10-21-11)7-8-18-16(17-2)19-9-15(12-3-4-12)13-5-6-13/h10,12-13,15H,3-9H2,1-2H3,(H2,17,18,19). The zero-order valence-corrected chi connectivity index (χ0v) is 13.9. The van der Waals surface area contributed by atoms with E-state index in [4.69, 9.17) is 0 Å². The molecule has 2 N–H and O–H groups in total. The van der Waals surface area contributed by atoms with Crippen LogP contribution < -0.4 is 10.6 Å².